The van der Waals surface area contributed by atoms with Crippen LogP contribution in [0.1, 0.15) is 95.6 Å². The van der Waals surface area contributed by atoms with E-state index in [2.05, 4.69) is 21.3 Å². The lowest BCUT2D eigenvalue weighted by Crippen LogP contribution is -2.55. The molecule has 8 rings (SSSR count). The van der Waals surface area contributed by atoms with E-state index in [4.69, 9.17) is 19.2 Å². The first-order valence-corrected chi connectivity index (χ1v) is 24.5. The number of fused-ring (bicyclic) bond motifs is 4. The van der Waals surface area contributed by atoms with Crippen molar-refractivity contribution in [2.24, 2.45) is 4.99 Å². The number of anilines is 1. The average molecular weight is 968 g/mol. The Kier molecular flexibility index (Phi) is 17.1. The molecule has 6 amide bonds. The number of piperidine rings is 1. The van der Waals surface area contributed by atoms with Crippen LogP contribution in [0.15, 0.2) is 108 Å². The standard InChI is InChI=1S/C54H61N7O10/c62-35-40(60-33-39-19-11-12-20-41(39)49-54(53(60)68,31-37-15-6-4-7-16-37)59-51(71-49)38-17-8-5-9-18-38)32-55-27-28-69-29-30-70-36-48(65)56-26-13-3-1-2-10-23-46(63)57-44-22-14-21-42-43(44)34-61(52(42)67)45-24-25-47(64)58-50(45)66/h4-9,11-12,14-22,35,40,45,49,55H,1-3,10,13,23-34,36H2,(H,56,65)(H,57,63)(H,58,64,66)/t40?,45?,49-,54-/m0/s1. The molecule has 4 aromatic carbocycles. The lowest BCUT2D eigenvalue weighted by molar-refractivity contribution is -0.144. The number of nitrogens with zero attached hydrogens (tertiary/aromatic N) is 3. The van der Waals surface area contributed by atoms with Crippen molar-refractivity contribution in [2.75, 3.05) is 51.4 Å². The Labute approximate surface area is 413 Å². The molecule has 17 nitrogen and oxygen atoms in total. The normalized spacial score (nSPS) is 19.7. The topological polar surface area (TPSA) is 214 Å². The number of rotatable bonds is 25. The Bertz CT molecular complexity index is 2590. The smallest absolute Gasteiger partial charge is 0.256 e. The molecule has 4 atom stereocenters. The minimum absolute atomic E-state index is 0.0903. The molecule has 4 heterocycles. The minimum Gasteiger partial charge on any atom is -0.466 e. The predicted octanol–water partition coefficient (Wildman–Crippen LogP) is 4.58. The van der Waals surface area contributed by atoms with E-state index in [0.29, 0.717) is 55.3 Å². The Morgan fingerprint density at radius 1 is 0.817 bits per heavy atom. The fourth-order valence-corrected chi connectivity index (χ4v) is 9.64. The van der Waals surface area contributed by atoms with E-state index in [9.17, 15) is 33.6 Å². The molecule has 4 N–H and O–H groups in total. The van der Waals surface area contributed by atoms with Crippen molar-refractivity contribution in [3.8, 4) is 0 Å². The molecule has 4 aromatic rings. The fourth-order valence-electron chi connectivity index (χ4n) is 9.64. The SMILES string of the molecule is O=CC(CNCCOCCOCC(=O)NCCCCCCCC(=O)Nc1cccc2c1CN(C1CCC(=O)NC1=O)C2=O)N1Cc2ccccc2[C@@H]2OC(c3ccccc3)=N[C@]2(Cc2ccccc2)C1=O. The number of carbonyl (C=O) groups excluding carboxylic acids is 7. The second-order valence-corrected chi connectivity index (χ2v) is 18.2. The first kappa shape index (κ1) is 50.3. The van der Waals surface area contributed by atoms with Crippen molar-refractivity contribution in [3.63, 3.8) is 0 Å². The van der Waals surface area contributed by atoms with Crippen molar-refractivity contribution in [1.82, 2.24) is 25.8 Å². The summed E-state index contributed by atoms with van der Waals surface area (Å²) in [6.45, 7) is 2.27. The van der Waals surface area contributed by atoms with E-state index >= 15 is 0 Å². The van der Waals surface area contributed by atoms with Crippen LogP contribution in [0, 0.1) is 0 Å². The Morgan fingerprint density at radius 2 is 1.56 bits per heavy atom. The van der Waals surface area contributed by atoms with Crippen LogP contribution in [-0.2, 0) is 62.5 Å². The van der Waals surface area contributed by atoms with Gasteiger partial charge in [-0.1, -0.05) is 98.1 Å². The molecule has 0 radical (unpaired) electrons. The minimum atomic E-state index is -1.35. The van der Waals surface area contributed by atoms with Gasteiger partial charge in [-0.15, -0.1) is 0 Å². The van der Waals surface area contributed by atoms with Gasteiger partial charge in [-0.2, -0.15) is 0 Å². The van der Waals surface area contributed by atoms with Crippen LogP contribution in [0.5, 0.6) is 0 Å². The van der Waals surface area contributed by atoms with Gasteiger partial charge >= 0.3 is 0 Å². The number of hydrogen-bond donors (Lipinski definition) is 4. The van der Waals surface area contributed by atoms with Crippen molar-refractivity contribution < 1.29 is 47.8 Å². The van der Waals surface area contributed by atoms with Gasteiger partial charge in [0.1, 0.15) is 25.0 Å². The summed E-state index contributed by atoms with van der Waals surface area (Å²) in [7, 11) is 0. The van der Waals surface area contributed by atoms with Crippen molar-refractivity contribution in [2.45, 2.75) is 94.6 Å². The third-order valence-corrected chi connectivity index (χ3v) is 13.3. The summed E-state index contributed by atoms with van der Waals surface area (Å²) in [5.74, 6) is -1.38. The van der Waals surface area contributed by atoms with Gasteiger partial charge in [0.25, 0.3) is 11.8 Å². The molecule has 0 bridgehead atoms. The van der Waals surface area contributed by atoms with Gasteiger partial charge in [-0.25, -0.2) is 4.99 Å². The molecular weight excluding hydrogens is 907 g/mol. The van der Waals surface area contributed by atoms with Crippen LogP contribution in [0.25, 0.3) is 0 Å². The molecule has 0 saturated carbocycles. The highest BCUT2D eigenvalue weighted by atomic mass is 16.5. The zero-order chi connectivity index (χ0) is 49.6. The van der Waals surface area contributed by atoms with E-state index in [1.54, 1.807) is 23.1 Å². The molecule has 1 saturated heterocycles. The number of imide groups is 1. The maximum Gasteiger partial charge on any atom is 0.256 e. The summed E-state index contributed by atoms with van der Waals surface area (Å²) in [5.41, 5.74) is 3.76. The molecule has 372 valence electrons. The fraction of sp³-hybridized carbons (Fsp3) is 0.407. The third-order valence-electron chi connectivity index (χ3n) is 13.3. The van der Waals surface area contributed by atoms with Crippen LogP contribution in [0.4, 0.5) is 5.69 Å². The van der Waals surface area contributed by atoms with Crippen LogP contribution < -0.4 is 21.3 Å². The Morgan fingerprint density at radius 3 is 2.37 bits per heavy atom. The quantitative estimate of drug-likeness (QED) is 0.0410. The molecule has 17 heteroatoms. The molecule has 71 heavy (non-hydrogen) atoms. The van der Waals surface area contributed by atoms with Gasteiger partial charge in [0.2, 0.25) is 29.5 Å². The molecule has 0 spiro atoms. The largest absolute Gasteiger partial charge is 0.466 e. The average Bonchev–Trinajstić information content (AvgIpc) is 3.91. The second-order valence-electron chi connectivity index (χ2n) is 18.2. The number of ether oxygens (including phenoxy) is 3. The molecule has 2 unspecified atom stereocenters. The number of amides is 6. The molecule has 4 aliphatic heterocycles. The summed E-state index contributed by atoms with van der Waals surface area (Å²) in [6.07, 6.45) is 5.26. The van der Waals surface area contributed by atoms with Crippen molar-refractivity contribution >= 4 is 53.3 Å². The van der Waals surface area contributed by atoms with Crippen LogP contribution >= 0.6 is 0 Å². The van der Waals surface area contributed by atoms with E-state index in [0.717, 1.165) is 54.2 Å². The van der Waals surface area contributed by atoms with E-state index in [-0.39, 0.29) is 88.3 Å². The van der Waals surface area contributed by atoms with Gasteiger partial charge in [-0.3, -0.25) is 34.1 Å². The highest BCUT2D eigenvalue weighted by Crippen LogP contribution is 2.47. The summed E-state index contributed by atoms with van der Waals surface area (Å²) in [6, 6.07) is 30.7. The lowest BCUT2D eigenvalue weighted by atomic mass is 9.81. The van der Waals surface area contributed by atoms with Gasteiger partial charge in [0.15, 0.2) is 11.6 Å². The van der Waals surface area contributed by atoms with Crippen molar-refractivity contribution in [3.05, 3.63) is 137 Å². The van der Waals surface area contributed by atoms with Gasteiger partial charge in [0.05, 0.1) is 19.8 Å². The number of hydrogen-bond acceptors (Lipinski definition) is 12. The number of benzene rings is 4. The lowest BCUT2D eigenvalue weighted by Gasteiger charge is -2.35. The van der Waals surface area contributed by atoms with E-state index in [1.165, 1.54) is 4.90 Å². The number of carbonyl (C=O) groups is 7. The maximum atomic E-state index is 15.0. The maximum absolute atomic E-state index is 15.0. The molecular formula is C54H61N7O10. The summed E-state index contributed by atoms with van der Waals surface area (Å²) in [5, 5.41) is 11.4. The number of unbranched alkanes of at least 4 members (excludes halogenated alkanes) is 4. The van der Waals surface area contributed by atoms with E-state index in [1.807, 2.05) is 84.9 Å². The van der Waals surface area contributed by atoms with Crippen LogP contribution in [0.2, 0.25) is 0 Å². The summed E-state index contributed by atoms with van der Waals surface area (Å²) in [4.78, 5) is 98.2. The molecule has 0 aliphatic carbocycles. The third kappa shape index (κ3) is 12.3. The molecule has 1 fully saturated rings. The highest BCUT2D eigenvalue weighted by Gasteiger charge is 2.57. The first-order valence-electron chi connectivity index (χ1n) is 24.5. The van der Waals surface area contributed by atoms with Gasteiger partial charge in [-0.05, 0) is 54.7 Å². The molecule has 4 aliphatic rings. The zero-order valence-electron chi connectivity index (χ0n) is 39.8. The number of nitrogens with one attached hydrogen (secondary N) is 4. The first-order chi connectivity index (χ1) is 34.6. The highest BCUT2D eigenvalue weighted by molar-refractivity contribution is 6.07. The summed E-state index contributed by atoms with van der Waals surface area (Å²) < 4.78 is 17.9. The molecule has 0 aromatic heterocycles. The van der Waals surface area contributed by atoms with Crippen molar-refractivity contribution in [1.29, 1.82) is 0 Å². The number of aliphatic imine (C=N–C) groups is 1. The predicted molar refractivity (Wildman–Crippen MR) is 263 cm³/mol. The van der Waals surface area contributed by atoms with Crippen LogP contribution in [0.3, 0.4) is 0 Å². The Hall–Kier alpha value is -7.08. The zero-order valence-corrected chi connectivity index (χ0v) is 39.8. The van der Waals surface area contributed by atoms with Gasteiger partial charge < -0.3 is 44.8 Å². The Balaban J connectivity index is 0.690. The number of aldehydes is 1. The van der Waals surface area contributed by atoms with E-state index < -0.39 is 29.6 Å². The van der Waals surface area contributed by atoms with Crippen LogP contribution in [-0.4, -0.2) is 121 Å². The monoisotopic (exact) mass is 967 g/mol. The summed E-state index contributed by atoms with van der Waals surface area (Å²) >= 11 is 0. The van der Waals surface area contributed by atoms with Gasteiger partial charge in [0, 0.05) is 79.9 Å². The second kappa shape index (κ2) is 24.2.